The number of ether oxygens (including phenoxy) is 3. The first-order chi connectivity index (χ1) is 7.91. The number of methoxy groups -OCH3 is 3. The summed E-state index contributed by atoms with van der Waals surface area (Å²) in [6.45, 7) is 0. The molecule has 1 aromatic rings. The summed E-state index contributed by atoms with van der Waals surface area (Å²) in [4.78, 5) is 0. The van der Waals surface area contributed by atoms with Crippen molar-refractivity contribution in [1.82, 2.24) is 0 Å². The number of nitrogens with two attached hydrogens (primary N) is 1. The van der Waals surface area contributed by atoms with Gasteiger partial charge in [-0.1, -0.05) is 5.34 Å². The van der Waals surface area contributed by atoms with Crippen molar-refractivity contribution in [3.8, 4) is 17.2 Å². The van der Waals surface area contributed by atoms with E-state index in [-0.39, 0.29) is 0 Å². The van der Waals surface area contributed by atoms with Crippen LogP contribution < -0.4 is 19.9 Å². The summed E-state index contributed by atoms with van der Waals surface area (Å²) < 4.78 is 15.6. The number of hydrogen-bond acceptors (Lipinski definition) is 4. The molecule has 4 radical (unpaired) electrons. The Morgan fingerprint density at radius 1 is 1.06 bits per heavy atom. The molecule has 0 fully saturated rings. The van der Waals surface area contributed by atoms with Crippen LogP contribution in [0, 0.1) is 0 Å². The zero-order chi connectivity index (χ0) is 13.1. The highest BCUT2D eigenvalue weighted by Crippen LogP contribution is 2.38. The molecule has 0 unspecified atom stereocenters. The molecule has 0 heterocycles. The van der Waals surface area contributed by atoms with E-state index in [1.807, 2.05) is 0 Å². The lowest BCUT2D eigenvalue weighted by Crippen LogP contribution is -2.43. The third kappa shape index (κ3) is 3.59. The molecule has 1 rings (SSSR count). The van der Waals surface area contributed by atoms with Gasteiger partial charge >= 0.3 is 0 Å². The molecule has 0 atom stereocenters. The van der Waals surface area contributed by atoms with Crippen molar-refractivity contribution in [2.45, 2.75) is 11.8 Å². The van der Waals surface area contributed by atoms with Crippen LogP contribution in [-0.4, -0.2) is 42.4 Å². The topological polar surface area (TPSA) is 53.7 Å². The minimum atomic E-state index is -1.27. The second-order valence-corrected chi connectivity index (χ2v) is 3.82. The summed E-state index contributed by atoms with van der Waals surface area (Å²) in [5.41, 5.74) is 6.38. The van der Waals surface area contributed by atoms with Crippen molar-refractivity contribution < 1.29 is 14.2 Å². The Morgan fingerprint density at radius 2 is 1.53 bits per heavy atom. The highest BCUT2D eigenvalue weighted by atomic mass is 16.5. The molecule has 0 aliphatic heterocycles. The maximum atomic E-state index is 5.56. The lowest BCUT2D eigenvalue weighted by molar-refractivity contribution is 0.323. The van der Waals surface area contributed by atoms with Gasteiger partial charge in [-0.3, -0.25) is 0 Å². The summed E-state index contributed by atoms with van der Waals surface area (Å²) in [5, 5.41) is -1.27. The smallest absolute Gasteiger partial charge is 0.203 e. The van der Waals surface area contributed by atoms with Crippen LogP contribution in [-0.2, 0) is 6.42 Å². The fourth-order valence-corrected chi connectivity index (χ4v) is 1.59. The Bertz CT molecular complexity index is 366. The molecule has 0 aromatic heterocycles. The molecular weight excluding hydrogens is 216 g/mol. The van der Waals surface area contributed by atoms with E-state index in [9.17, 15) is 0 Å². The average Bonchev–Trinajstić information content (AvgIpc) is 2.25. The van der Waals surface area contributed by atoms with Crippen molar-refractivity contribution in [2.24, 2.45) is 5.73 Å². The van der Waals surface area contributed by atoms with Crippen LogP contribution >= 0.6 is 0 Å². The highest BCUT2D eigenvalue weighted by Gasteiger charge is 2.17. The van der Waals surface area contributed by atoms with Gasteiger partial charge < -0.3 is 19.9 Å². The first kappa shape index (κ1) is 13.8. The summed E-state index contributed by atoms with van der Waals surface area (Å²) in [6, 6.07) is 3.53. The van der Waals surface area contributed by atoms with Crippen LogP contribution in [0.15, 0.2) is 12.1 Å². The van der Waals surface area contributed by atoms with Crippen LogP contribution in [0.2, 0.25) is 0 Å². The molecule has 6 heteroatoms. The van der Waals surface area contributed by atoms with Gasteiger partial charge in [-0.2, -0.15) is 0 Å². The van der Waals surface area contributed by atoms with Gasteiger partial charge in [0.2, 0.25) is 5.75 Å². The van der Waals surface area contributed by atoms with Gasteiger partial charge in [0.05, 0.1) is 37.0 Å². The first-order valence-electron chi connectivity index (χ1n) is 5.06. The van der Waals surface area contributed by atoms with E-state index in [1.54, 1.807) is 33.5 Å². The lowest BCUT2D eigenvalue weighted by Gasteiger charge is -2.21. The van der Waals surface area contributed by atoms with Crippen LogP contribution in [0.5, 0.6) is 17.2 Å². The van der Waals surface area contributed by atoms with Crippen LogP contribution in [0.4, 0.5) is 0 Å². The Morgan fingerprint density at radius 3 is 1.82 bits per heavy atom. The molecule has 0 saturated heterocycles. The molecule has 88 valence electrons. The Balaban J connectivity index is 3.18. The van der Waals surface area contributed by atoms with Gasteiger partial charge in [-0.15, -0.1) is 0 Å². The van der Waals surface area contributed by atoms with Gasteiger partial charge in [-0.05, 0) is 24.1 Å². The largest absolute Gasteiger partial charge is 0.493 e. The minimum Gasteiger partial charge on any atom is -0.493 e. The quantitative estimate of drug-likeness (QED) is 0.735. The van der Waals surface area contributed by atoms with E-state index in [4.69, 9.17) is 35.6 Å². The molecule has 4 nitrogen and oxygen atoms in total. The Hall–Kier alpha value is -1.29. The van der Waals surface area contributed by atoms with Gasteiger partial charge in [0, 0.05) is 0 Å². The molecule has 17 heavy (non-hydrogen) atoms. The predicted molar refractivity (Wildman–Crippen MR) is 68.2 cm³/mol. The molecule has 0 amide bonds. The van der Waals surface area contributed by atoms with E-state index in [2.05, 4.69) is 0 Å². The normalized spacial score (nSPS) is 11.1. The van der Waals surface area contributed by atoms with E-state index in [0.717, 1.165) is 5.56 Å². The molecule has 0 saturated carbocycles. The molecular formula is C11H15B2NO3. The number of hydrogen-bond donors (Lipinski definition) is 1. The summed E-state index contributed by atoms with van der Waals surface area (Å²) in [6.07, 6.45) is 0.295. The first-order valence-corrected chi connectivity index (χ1v) is 5.06. The SMILES string of the molecule is [B]C([B])(N)Cc1cc(OC)c(OC)c(OC)c1. The predicted octanol–water partition coefficient (Wildman–Crippen LogP) is 0.204. The lowest BCUT2D eigenvalue weighted by atomic mass is 9.60. The van der Waals surface area contributed by atoms with E-state index in [0.29, 0.717) is 23.7 Å². The summed E-state index contributed by atoms with van der Waals surface area (Å²) >= 11 is 0. The second-order valence-electron chi connectivity index (χ2n) is 3.82. The minimum absolute atomic E-state index is 0.295. The second kappa shape index (κ2) is 5.36. The molecule has 2 N–H and O–H groups in total. The van der Waals surface area contributed by atoms with Crippen molar-refractivity contribution in [3.63, 3.8) is 0 Å². The van der Waals surface area contributed by atoms with Gasteiger partial charge in [-0.25, -0.2) is 0 Å². The maximum Gasteiger partial charge on any atom is 0.203 e. The molecule has 1 aromatic carbocycles. The Labute approximate surface area is 104 Å². The van der Waals surface area contributed by atoms with E-state index >= 15 is 0 Å². The fourth-order valence-electron chi connectivity index (χ4n) is 1.59. The molecule has 0 aliphatic rings. The van der Waals surface area contributed by atoms with Crippen LogP contribution in [0.1, 0.15) is 5.56 Å². The standard InChI is InChI=1S/C11H15B2NO3/c1-15-8-4-7(6-11(12,13)14)5-9(16-2)10(8)17-3/h4-5H,6,14H2,1-3H3. The van der Waals surface area contributed by atoms with Crippen molar-refractivity contribution in [2.75, 3.05) is 21.3 Å². The van der Waals surface area contributed by atoms with Gasteiger partial charge in [0.15, 0.2) is 11.5 Å². The summed E-state index contributed by atoms with van der Waals surface area (Å²) in [5.74, 6) is 1.62. The molecule has 0 bridgehead atoms. The third-order valence-electron chi connectivity index (χ3n) is 2.23. The van der Waals surface area contributed by atoms with Crippen molar-refractivity contribution in [1.29, 1.82) is 0 Å². The van der Waals surface area contributed by atoms with Crippen LogP contribution in [0.25, 0.3) is 0 Å². The zero-order valence-corrected chi connectivity index (χ0v) is 10.3. The maximum absolute atomic E-state index is 5.56. The van der Waals surface area contributed by atoms with Gasteiger partial charge in [0.25, 0.3) is 0 Å². The monoisotopic (exact) mass is 231 g/mol. The zero-order valence-electron chi connectivity index (χ0n) is 10.3. The van der Waals surface area contributed by atoms with E-state index in [1.165, 1.54) is 0 Å². The molecule has 0 aliphatic carbocycles. The fraction of sp³-hybridized carbons (Fsp3) is 0.455. The van der Waals surface area contributed by atoms with Crippen molar-refractivity contribution in [3.05, 3.63) is 17.7 Å². The Kier molecular flexibility index (Phi) is 4.34. The van der Waals surface area contributed by atoms with Crippen LogP contribution in [0.3, 0.4) is 0 Å². The highest BCUT2D eigenvalue weighted by molar-refractivity contribution is 6.39. The number of rotatable bonds is 5. The average molecular weight is 231 g/mol. The number of benzene rings is 1. The van der Waals surface area contributed by atoms with E-state index < -0.39 is 5.34 Å². The summed E-state index contributed by atoms with van der Waals surface area (Å²) in [7, 11) is 15.8. The third-order valence-corrected chi connectivity index (χ3v) is 2.23. The van der Waals surface area contributed by atoms with Gasteiger partial charge in [0.1, 0.15) is 0 Å². The molecule has 0 spiro atoms. The van der Waals surface area contributed by atoms with Crippen molar-refractivity contribution >= 4 is 15.7 Å².